The van der Waals surface area contributed by atoms with Crippen LogP contribution in [0.3, 0.4) is 0 Å². The number of rotatable bonds is 2. The smallest absolute Gasteiger partial charge is 0.345 e. The molecule has 1 aromatic carbocycles. The lowest BCUT2D eigenvalue weighted by Gasteiger charge is -2.15. The summed E-state index contributed by atoms with van der Waals surface area (Å²) in [4.78, 5) is 29.2. The normalized spacial score (nSPS) is 10.8. The average molecular weight is 388 g/mol. The predicted octanol–water partition coefficient (Wildman–Crippen LogP) is 2.83. The summed E-state index contributed by atoms with van der Waals surface area (Å²) >= 11 is 3.40. The molecule has 2 heterocycles. The third-order valence-corrected chi connectivity index (χ3v) is 4.21. The summed E-state index contributed by atoms with van der Waals surface area (Å²) in [7, 11) is 1.21. The van der Waals surface area contributed by atoms with Crippen LogP contribution in [0.15, 0.2) is 45.8 Å². The van der Waals surface area contributed by atoms with Gasteiger partial charge in [0, 0.05) is 15.6 Å². The van der Waals surface area contributed by atoms with Crippen LogP contribution >= 0.6 is 15.9 Å². The van der Waals surface area contributed by atoms with E-state index in [2.05, 4.69) is 20.9 Å². The minimum absolute atomic E-state index is 0.102. The minimum atomic E-state index is -0.767. The molecular formula is C17H14BrN3O3. The Labute approximate surface area is 146 Å². The molecule has 0 amide bonds. The molecule has 0 aliphatic rings. The quantitative estimate of drug-likeness (QED) is 0.683. The number of ether oxygens (including phenoxy) is 1. The van der Waals surface area contributed by atoms with E-state index in [-0.39, 0.29) is 11.3 Å². The van der Waals surface area contributed by atoms with E-state index >= 15 is 0 Å². The van der Waals surface area contributed by atoms with Gasteiger partial charge in [-0.2, -0.15) is 0 Å². The van der Waals surface area contributed by atoms with E-state index in [1.54, 1.807) is 36.5 Å². The van der Waals surface area contributed by atoms with E-state index in [0.29, 0.717) is 16.6 Å². The van der Waals surface area contributed by atoms with E-state index in [9.17, 15) is 9.59 Å². The number of nitrogen functional groups attached to an aromatic ring is 1. The fourth-order valence-electron chi connectivity index (χ4n) is 2.54. The monoisotopic (exact) mass is 387 g/mol. The van der Waals surface area contributed by atoms with Crippen molar-refractivity contribution in [3.8, 4) is 5.69 Å². The maximum absolute atomic E-state index is 12.9. The molecule has 2 aromatic heterocycles. The lowest BCUT2D eigenvalue weighted by molar-refractivity contribution is 0.0600. The number of nitrogens with zero attached hydrogens (tertiary/aromatic N) is 2. The summed E-state index contributed by atoms with van der Waals surface area (Å²) in [5.41, 5.74) is 7.38. The fraction of sp³-hybridized carbons (Fsp3) is 0.118. The van der Waals surface area contributed by atoms with Crippen LogP contribution < -0.4 is 11.3 Å². The Morgan fingerprint density at radius 3 is 2.67 bits per heavy atom. The van der Waals surface area contributed by atoms with Gasteiger partial charge in [-0.15, -0.1) is 0 Å². The molecule has 0 unspecified atom stereocenters. The highest BCUT2D eigenvalue weighted by molar-refractivity contribution is 9.10. The summed E-state index contributed by atoms with van der Waals surface area (Å²) in [6.07, 6.45) is 1.58. The molecule has 2 N–H and O–H groups in total. The Kier molecular flexibility index (Phi) is 4.11. The number of halogens is 1. The molecule has 0 spiro atoms. The predicted molar refractivity (Wildman–Crippen MR) is 95.5 cm³/mol. The molecule has 122 valence electrons. The lowest BCUT2D eigenvalue weighted by Crippen LogP contribution is -2.28. The third-order valence-electron chi connectivity index (χ3n) is 3.72. The Hall–Kier alpha value is -2.67. The number of pyridine rings is 2. The topological polar surface area (TPSA) is 87.2 Å². The van der Waals surface area contributed by atoms with Gasteiger partial charge in [-0.3, -0.25) is 14.3 Å². The molecule has 0 radical (unpaired) electrons. The van der Waals surface area contributed by atoms with Crippen LogP contribution in [0.1, 0.15) is 16.1 Å². The number of hydrogen-bond acceptors (Lipinski definition) is 5. The molecule has 0 bridgehead atoms. The summed E-state index contributed by atoms with van der Waals surface area (Å²) in [5, 5.41) is 0.582. The van der Waals surface area contributed by atoms with Gasteiger partial charge in [0.25, 0.3) is 5.56 Å². The maximum atomic E-state index is 12.9. The number of carbonyl (C=O) groups excluding carboxylic acids is 1. The van der Waals surface area contributed by atoms with Gasteiger partial charge in [-0.25, -0.2) is 4.79 Å². The first kappa shape index (κ1) is 16.2. The standard InChI is InChI=1S/C17H14BrN3O3/c1-9-3-5-11(8-20-9)21-13-7-10(18)4-6-12(13)15(19)14(16(21)22)17(23)24-2/h3-8H,19H2,1-2H3. The number of carbonyl (C=O) groups is 1. The number of benzene rings is 1. The van der Waals surface area contributed by atoms with Crippen molar-refractivity contribution in [1.29, 1.82) is 0 Å². The summed E-state index contributed by atoms with van der Waals surface area (Å²) in [6.45, 7) is 1.85. The second kappa shape index (κ2) is 6.09. The lowest BCUT2D eigenvalue weighted by atomic mass is 10.1. The molecule has 0 aliphatic heterocycles. The van der Waals surface area contributed by atoms with Crippen LogP contribution in [0.2, 0.25) is 0 Å². The van der Waals surface area contributed by atoms with Crippen molar-refractivity contribution in [2.45, 2.75) is 6.92 Å². The number of nitrogens with two attached hydrogens (primary N) is 1. The summed E-state index contributed by atoms with van der Waals surface area (Å²) < 4.78 is 6.92. The summed E-state index contributed by atoms with van der Waals surface area (Å²) in [5.74, 6) is -0.767. The van der Waals surface area contributed by atoms with Gasteiger partial charge in [0.1, 0.15) is 5.56 Å². The van der Waals surface area contributed by atoms with E-state index in [1.807, 2.05) is 6.92 Å². The maximum Gasteiger partial charge on any atom is 0.345 e. The van der Waals surface area contributed by atoms with Crippen LogP contribution in [0, 0.1) is 6.92 Å². The molecule has 0 saturated heterocycles. The highest BCUT2D eigenvalue weighted by atomic mass is 79.9. The van der Waals surface area contributed by atoms with E-state index < -0.39 is 11.5 Å². The van der Waals surface area contributed by atoms with Gasteiger partial charge >= 0.3 is 5.97 Å². The number of anilines is 1. The Bertz CT molecular complexity index is 1010. The van der Waals surface area contributed by atoms with Crippen LogP contribution in [-0.2, 0) is 4.74 Å². The van der Waals surface area contributed by atoms with E-state index in [4.69, 9.17) is 10.5 Å². The Balaban J connectivity index is 2.50. The first-order valence-electron chi connectivity index (χ1n) is 7.09. The molecule has 0 fully saturated rings. The highest BCUT2D eigenvalue weighted by Crippen LogP contribution is 2.27. The van der Waals surface area contributed by atoms with Crippen molar-refractivity contribution < 1.29 is 9.53 Å². The van der Waals surface area contributed by atoms with Gasteiger partial charge in [0.2, 0.25) is 0 Å². The van der Waals surface area contributed by atoms with Crippen LogP contribution in [0.25, 0.3) is 16.6 Å². The first-order valence-corrected chi connectivity index (χ1v) is 7.88. The van der Waals surface area contributed by atoms with Crippen molar-refractivity contribution >= 4 is 38.5 Å². The Morgan fingerprint density at radius 2 is 2.04 bits per heavy atom. The van der Waals surface area contributed by atoms with E-state index in [1.165, 1.54) is 11.7 Å². The van der Waals surface area contributed by atoms with Crippen LogP contribution in [0.5, 0.6) is 0 Å². The van der Waals surface area contributed by atoms with Gasteiger partial charge in [0.05, 0.1) is 30.2 Å². The molecule has 3 rings (SSSR count). The second-order valence-corrected chi connectivity index (χ2v) is 6.16. The zero-order valence-corrected chi connectivity index (χ0v) is 14.6. The number of aromatic nitrogens is 2. The largest absolute Gasteiger partial charge is 0.465 e. The number of fused-ring (bicyclic) bond motifs is 1. The van der Waals surface area contributed by atoms with Crippen molar-refractivity contribution in [2.75, 3.05) is 12.8 Å². The SMILES string of the molecule is COC(=O)c1c(N)c2ccc(Br)cc2n(-c2ccc(C)nc2)c1=O. The first-order chi connectivity index (χ1) is 11.4. The zero-order valence-electron chi connectivity index (χ0n) is 13.0. The van der Waals surface area contributed by atoms with Crippen molar-refractivity contribution in [3.63, 3.8) is 0 Å². The number of aryl methyl sites for hydroxylation is 1. The van der Waals surface area contributed by atoms with Crippen molar-refractivity contribution in [2.24, 2.45) is 0 Å². The van der Waals surface area contributed by atoms with Crippen LogP contribution in [-0.4, -0.2) is 22.6 Å². The molecule has 6 nitrogen and oxygen atoms in total. The molecular weight excluding hydrogens is 374 g/mol. The van der Waals surface area contributed by atoms with Crippen molar-refractivity contribution in [3.05, 3.63) is 62.6 Å². The van der Waals surface area contributed by atoms with Crippen LogP contribution in [0.4, 0.5) is 5.69 Å². The molecule has 0 atom stereocenters. The van der Waals surface area contributed by atoms with E-state index in [0.717, 1.165) is 10.2 Å². The number of methoxy groups -OCH3 is 1. The molecule has 24 heavy (non-hydrogen) atoms. The van der Waals surface area contributed by atoms with Crippen molar-refractivity contribution in [1.82, 2.24) is 9.55 Å². The third kappa shape index (κ3) is 2.56. The highest BCUT2D eigenvalue weighted by Gasteiger charge is 2.22. The minimum Gasteiger partial charge on any atom is -0.465 e. The van der Waals surface area contributed by atoms with Gasteiger partial charge in [-0.1, -0.05) is 15.9 Å². The second-order valence-electron chi connectivity index (χ2n) is 5.24. The fourth-order valence-corrected chi connectivity index (χ4v) is 2.89. The van der Waals surface area contributed by atoms with Gasteiger partial charge < -0.3 is 10.5 Å². The summed E-state index contributed by atoms with van der Waals surface area (Å²) in [6, 6.07) is 8.87. The number of hydrogen-bond donors (Lipinski definition) is 1. The molecule has 3 aromatic rings. The molecule has 7 heteroatoms. The number of esters is 1. The molecule has 0 saturated carbocycles. The Morgan fingerprint density at radius 1 is 1.29 bits per heavy atom. The molecule has 0 aliphatic carbocycles. The zero-order chi connectivity index (χ0) is 17.4. The average Bonchev–Trinajstić information content (AvgIpc) is 2.56. The van der Waals surface area contributed by atoms with Gasteiger partial charge in [0.15, 0.2) is 0 Å². The van der Waals surface area contributed by atoms with Gasteiger partial charge in [-0.05, 0) is 37.3 Å².